The SMILES string of the molecule is Cc1nc(Cl)c2c(C)ccc(Br)c2n1. The normalized spacial score (nSPS) is 10.9. The van der Waals surface area contributed by atoms with Gasteiger partial charge in [0.25, 0.3) is 0 Å². The molecule has 2 nitrogen and oxygen atoms in total. The van der Waals surface area contributed by atoms with E-state index in [2.05, 4.69) is 25.9 Å². The average Bonchev–Trinajstić information content (AvgIpc) is 2.10. The lowest BCUT2D eigenvalue weighted by molar-refractivity contribution is 1.09. The summed E-state index contributed by atoms with van der Waals surface area (Å²) in [4.78, 5) is 8.49. The summed E-state index contributed by atoms with van der Waals surface area (Å²) >= 11 is 9.52. The Balaban J connectivity index is 3.00. The Morgan fingerprint density at radius 2 is 1.93 bits per heavy atom. The van der Waals surface area contributed by atoms with E-state index in [0.717, 1.165) is 20.9 Å². The van der Waals surface area contributed by atoms with Crippen molar-refractivity contribution in [1.82, 2.24) is 9.97 Å². The van der Waals surface area contributed by atoms with Gasteiger partial charge in [0.05, 0.1) is 5.52 Å². The van der Waals surface area contributed by atoms with Gasteiger partial charge in [-0.05, 0) is 41.4 Å². The molecule has 4 heteroatoms. The summed E-state index contributed by atoms with van der Waals surface area (Å²) in [6.07, 6.45) is 0. The van der Waals surface area contributed by atoms with Gasteiger partial charge in [0.2, 0.25) is 0 Å². The van der Waals surface area contributed by atoms with E-state index in [-0.39, 0.29) is 0 Å². The van der Waals surface area contributed by atoms with Gasteiger partial charge in [0.1, 0.15) is 11.0 Å². The predicted molar refractivity (Wildman–Crippen MR) is 61.7 cm³/mol. The van der Waals surface area contributed by atoms with Crippen LogP contribution in [0.3, 0.4) is 0 Å². The maximum absolute atomic E-state index is 6.07. The zero-order valence-corrected chi connectivity index (χ0v) is 10.1. The van der Waals surface area contributed by atoms with Crippen LogP contribution in [0.2, 0.25) is 5.15 Å². The Morgan fingerprint density at radius 1 is 1.21 bits per heavy atom. The minimum atomic E-state index is 0.520. The van der Waals surface area contributed by atoms with E-state index >= 15 is 0 Å². The summed E-state index contributed by atoms with van der Waals surface area (Å²) in [6.45, 7) is 3.83. The molecule has 0 radical (unpaired) electrons. The van der Waals surface area contributed by atoms with Gasteiger partial charge in [-0.2, -0.15) is 0 Å². The number of halogens is 2. The number of hydrogen-bond acceptors (Lipinski definition) is 2. The molecule has 0 unspecified atom stereocenters. The molecule has 0 saturated heterocycles. The molecule has 1 heterocycles. The quantitative estimate of drug-likeness (QED) is 0.683. The topological polar surface area (TPSA) is 25.8 Å². The largest absolute Gasteiger partial charge is 0.232 e. The number of rotatable bonds is 0. The second kappa shape index (κ2) is 3.48. The first-order valence-electron chi connectivity index (χ1n) is 4.18. The van der Waals surface area contributed by atoms with E-state index in [4.69, 9.17) is 11.6 Å². The van der Waals surface area contributed by atoms with Crippen molar-refractivity contribution in [3.8, 4) is 0 Å². The average molecular weight is 272 g/mol. The van der Waals surface area contributed by atoms with Crippen LogP contribution in [0.5, 0.6) is 0 Å². The van der Waals surface area contributed by atoms with Crippen molar-refractivity contribution in [1.29, 1.82) is 0 Å². The third-order valence-corrected chi connectivity index (χ3v) is 2.99. The lowest BCUT2D eigenvalue weighted by Gasteiger charge is -2.05. The number of hydrogen-bond donors (Lipinski definition) is 0. The van der Waals surface area contributed by atoms with Crippen LogP contribution in [0.15, 0.2) is 16.6 Å². The van der Waals surface area contributed by atoms with Gasteiger partial charge < -0.3 is 0 Å². The minimum Gasteiger partial charge on any atom is -0.232 e. The van der Waals surface area contributed by atoms with E-state index in [1.165, 1.54) is 0 Å². The molecule has 2 rings (SSSR count). The van der Waals surface area contributed by atoms with E-state index < -0.39 is 0 Å². The van der Waals surface area contributed by atoms with Gasteiger partial charge >= 0.3 is 0 Å². The lowest BCUT2D eigenvalue weighted by atomic mass is 10.1. The highest BCUT2D eigenvalue weighted by Gasteiger charge is 2.08. The molecule has 0 aliphatic rings. The minimum absolute atomic E-state index is 0.520. The molecule has 0 aliphatic carbocycles. The highest BCUT2D eigenvalue weighted by atomic mass is 79.9. The molecular weight excluding hydrogens is 263 g/mol. The van der Waals surface area contributed by atoms with E-state index in [1.54, 1.807) is 0 Å². The van der Waals surface area contributed by atoms with Crippen LogP contribution in [0, 0.1) is 13.8 Å². The number of fused-ring (bicyclic) bond motifs is 1. The number of aryl methyl sites for hydroxylation is 2. The maximum atomic E-state index is 6.07. The first-order chi connectivity index (χ1) is 6.59. The molecule has 1 aromatic carbocycles. The zero-order valence-electron chi connectivity index (χ0n) is 7.81. The van der Waals surface area contributed by atoms with Crippen molar-refractivity contribution >= 4 is 38.4 Å². The fraction of sp³-hybridized carbons (Fsp3) is 0.200. The summed E-state index contributed by atoms with van der Waals surface area (Å²) in [5.74, 6) is 0.689. The van der Waals surface area contributed by atoms with Gasteiger partial charge in [-0.25, -0.2) is 9.97 Å². The van der Waals surface area contributed by atoms with Crippen LogP contribution in [-0.2, 0) is 0 Å². The molecule has 0 amide bonds. The van der Waals surface area contributed by atoms with Crippen LogP contribution in [-0.4, -0.2) is 9.97 Å². The molecular formula is C10H8BrClN2. The van der Waals surface area contributed by atoms with E-state index in [0.29, 0.717) is 11.0 Å². The van der Waals surface area contributed by atoms with Crippen LogP contribution >= 0.6 is 27.5 Å². The number of benzene rings is 1. The van der Waals surface area contributed by atoms with Gasteiger partial charge in [-0.15, -0.1) is 0 Å². The third kappa shape index (κ3) is 1.51. The Kier molecular flexibility index (Phi) is 2.45. The molecule has 0 N–H and O–H groups in total. The second-order valence-electron chi connectivity index (χ2n) is 3.15. The van der Waals surface area contributed by atoms with Gasteiger partial charge in [-0.3, -0.25) is 0 Å². The van der Waals surface area contributed by atoms with Crippen molar-refractivity contribution in [3.63, 3.8) is 0 Å². The highest BCUT2D eigenvalue weighted by Crippen LogP contribution is 2.29. The van der Waals surface area contributed by atoms with Gasteiger partial charge in [-0.1, -0.05) is 17.7 Å². The molecule has 0 saturated carbocycles. The first-order valence-corrected chi connectivity index (χ1v) is 5.35. The van der Waals surface area contributed by atoms with Crippen molar-refractivity contribution in [2.75, 3.05) is 0 Å². The summed E-state index contributed by atoms with van der Waals surface area (Å²) in [5, 5.41) is 1.44. The Hall–Kier alpha value is -0.670. The fourth-order valence-corrected chi connectivity index (χ4v) is 2.20. The van der Waals surface area contributed by atoms with Gasteiger partial charge in [0, 0.05) is 9.86 Å². The van der Waals surface area contributed by atoms with Crippen molar-refractivity contribution in [3.05, 3.63) is 33.1 Å². The standard InChI is InChI=1S/C10H8BrClN2/c1-5-3-4-7(11)9-8(5)10(12)14-6(2)13-9/h3-4H,1-2H3. The summed E-state index contributed by atoms with van der Waals surface area (Å²) in [7, 11) is 0. The van der Waals surface area contributed by atoms with Crippen LogP contribution < -0.4 is 0 Å². The van der Waals surface area contributed by atoms with E-state index in [9.17, 15) is 0 Å². The second-order valence-corrected chi connectivity index (χ2v) is 4.36. The fourth-order valence-electron chi connectivity index (χ4n) is 1.42. The molecule has 0 spiro atoms. The third-order valence-electron chi connectivity index (χ3n) is 2.08. The maximum Gasteiger partial charge on any atom is 0.140 e. The smallest absolute Gasteiger partial charge is 0.140 e. The molecule has 14 heavy (non-hydrogen) atoms. The summed E-state index contributed by atoms with van der Waals surface area (Å²) in [6, 6.07) is 3.97. The zero-order chi connectivity index (χ0) is 10.3. The first kappa shape index (κ1) is 9.87. The molecule has 0 bridgehead atoms. The van der Waals surface area contributed by atoms with Crippen molar-refractivity contribution in [2.45, 2.75) is 13.8 Å². The Morgan fingerprint density at radius 3 is 2.64 bits per heavy atom. The predicted octanol–water partition coefficient (Wildman–Crippen LogP) is 3.66. The monoisotopic (exact) mass is 270 g/mol. The van der Waals surface area contributed by atoms with Crippen LogP contribution in [0.25, 0.3) is 10.9 Å². The molecule has 0 fully saturated rings. The summed E-state index contributed by atoms with van der Waals surface area (Å²) in [5.41, 5.74) is 1.97. The molecule has 2 aromatic rings. The van der Waals surface area contributed by atoms with Crippen molar-refractivity contribution < 1.29 is 0 Å². The Bertz CT molecular complexity index is 511. The van der Waals surface area contributed by atoms with Crippen LogP contribution in [0.4, 0.5) is 0 Å². The number of aromatic nitrogens is 2. The molecule has 72 valence electrons. The van der Waals surface area contributed by atoms with E-state index in [1.807, 2.05) is 26.0 Å². The summed E-state index contributed by atoms with van der Waals surface area (Å²) < 4.78 is 0.950. The number of nitrogens with zero attached hydrogens (tertiary/aromatic N) is 2. The Labute approximate surface area is 95.5 Å². The van der Waals surface area contributed by atoms with Crippen molar-refractivity contribution in [2.24, 2.45) is 0 Å². The molecule has 0 aliphatic heterocycles. The van der Waals surface area contributed by atoms with Crippen LogP contribution in [0.1, 0.15) is 11.4 Å². The lowest BCUT2D eigenvalue weighted by Crippen LogP contribution is -1.92. The highest BCUT2D eigenvalue weighted by molar-refractivity contribution is 9.10. The van der Waals surface area contributed by atoms with Gasteiger partial charge in [0.15, 0.2) is 0 Å². The molecule has 1 aromatic heterocycles. The molecule has 0 atom stereocenters.